The van der Waals surface area contributed by atoms with Crippen molar-refractivity contribution in [1.29, 1.82) is 0 Å². The molecule has 3 aromatic rings. The van der Waals surface area contributed by atoms with Crippen molar-refractivity contribution in [2.24, 2.45) is 0 Å². The van der Waals surface area contributed by atoms with Crippen LogP contribution in [0.25, 0.3) is 11.3 Å². The van der Waals surface area contributed by atoms with Crippen LogP contribution in [0.4, 0.5) is 5.13 Å². The van der Waals surface area contributed by atoms with E-state index < -0.39 is 6.04 Å². The van der Waals surface area contributed by atoms with E-state index in [0.29, 0.717) is 18.1 Å². The average Bonchev–Trinajstić information content (AvgIpc) is 3.42. The van der Waals surface area contributed by atoms with Gasteiger partial charge in [-0.05, 0) is 25.0 Å². The number of furan rings is 1. The molecule has 1 fully saturated rings. The van der Waals surface area contributed by atoms with Crippen LogP contribution in [0.15, 0.2) is 58.5 Å². The summed E-state index contributed by atoms with van der Waals surface area (Å²) in [6.07, 6.45) is 2.88. The number of anilines is 1. The first-order chi connectivity index (χ1) is 12.7. The van der Waals surface area contributed by atoms with Crippen LogP contribution in [-0.2, 0) is 4.79 Å². The minimum atomic E-state index is -0.503. The number of rotatable bonds is 4. The number of hydrogen-bond acceptors (Lipinski definition) is 5. The van der Waals surface area contributed by atoms with Crippen LogP contribution in [0, 0.1) is 0 Å². The van der Waals surface area contributed by atoms with Crippen molar-refractivity contribution in [3.8, 4) is 11.3 Å². The molecule has 2 aromatic heterocycles. The SMILES string of the molecule is O=C(Nc1nc(-c2ccccc2)cs1)C1CCCN1C(=O)c1ccco1. The number of carbonyl (C=O) groups is 2. The standard InChI is InChI=1S/C19H17N3O3S/c23-17(15-8-4-10-22(15)18(24)16-9-5-11-25-16)21-19-20-14(12-26-19)13-6-2-1-3-7-13/h1-3,5-7,9,11-12,15H,4,8,10H2,(H,20,21,23). The Balaban J connectivity index is 1.46. The summed E-state index contributed by atoms with van der Waals surface area (Å²) in [5.74, 6) is -0.210. The molecular weight excluding hydrogens is 350 g/mol. The highest BCUT2D eigenvalue weighted by Crippen LogP contribution is 2.26. The van der Waals surface area contributed by atoms with E-state index in [9.17, 15) is 9.59 Å². The van der Waals surface area contributed by atoms with Gasteiger partial charge in [-0.25, -0.2) is 4.98 Å². The second-order valence-electron chi connectivity index (χ2n) is 6.03. The molecule has 0 aliphatic carbocycles. The fourth-order valence-electron chi connectivity index (χ4n) is 3.09. The molecule has 132 valence electrons. The van der Waals surface area contributed by atoms with Crippen molar-refractivity contribution in [3.05, 3.63) is 59.9 Å². The second-order valence-corrected chi connectivity index (χ2v) is 6.89. The highest BCUT2D eigenvalue weighted by Gasteiger charge is 2.35. The molecule has 0 spiro atoms. The molecule has 0 saturated carbocycles. The Labute approximate surface area is 154 Å². The third-order valence-electron chi connectivity index (χ3n) is 4.35. The highest BCUT2D eigenvalue weighted by atomic mass is 32.1. The van der Waals surface area contributed by atoms with Crippen molar-refractivity contribution in [2.75, 3.05) is 11.9 Å². The molecule has 3 heterocycles. The van der Waals surface area contributed by atoms with Gasteiger partial charge in [0.1, 0.15) is 6.04 Å². The van der Waals surface area contributed by atoms with E-state index in [4.69, 9.17) is 4.42 Å². The van der Waals surface area contributed by atoms with E-state index in [1.165, 1.54) is 17.6 Å². The van der Waals surface area contributed by atoms with E-state index in [1.54, 1.807) is 17.0 Å². The molecule has 26 heavy (non-hydrogen) atoms. The molecule has 1 N–H and O–H groups in total. The molecule has 2 amide bonds. The van der Waals surface area contributed by atoms with Gasteiger partial charge in [0.2, 0.25) is 5.91 Å². The number of benzene rings is 1. The van der Waals surface area contributed by atoms with Gasteiger partial charge in [0.25, 0.3) is 5.91 Å². The Bertz CT molecular complexity index is 905. The number of nitrogens with zero attached hydrogens (tertiary/aromatic N) is 2. The summed E-state index contributed by atoms with van der Waals surface area (Å²) < 4.78 is 5.17. The van der Waals surface area contributed by atoms with E-state index >= 15 is 0 Å². The zero-order valence-electron chi connectivity index (χ0n) is 13.9. The molecule has 4 rings (SSSR count). The zero-order chi connectivity index (χ0) is 17.9. The van der Waals surface area contributed by atoms with Crippen LogP contribution >= 0.6 is 11.3 Å². The fraction of sp³-hybridized carbons (Fsp3) is 0.211. The Hall–Kier alpha value is -2.93. The molecule has 1 aromatic carbocycles. The highest BCUT2D eigenvalue weighted by molar-refractivity contribution is 7.14. The lowest BCUT2D eigenvalue weighted by molar-refractivity contribution is -0.119. The second kappa shape index (κ2) is 7.13. The lowest BCUT2D eigenvalue weighted by atomic mass is 10.2. The van der Waals surface area contributed by atoms with E-state index in [0.717, 1.165) is 17.7 Å². The molecule has 1 aliphatic heterocycles. The Morgan fingerprint density at radius 1 is 1.19 bits per heavy atom. The van der Waals surface area contributed by atoms with Gasteiger partial charge in [-0.15, -0.1) is 11.3 Å². The quantitative estimate of drug-likeness (QED) is 0.764. The Morgan fingerprint density at radius 3 is 2.81 bits per heavy atom. The van der Waals surface area contributed by atoms with Gasteiger partial charge in [0.15, 0.2) is 10.9 Å². The summed E-state index contributed by atoms with van der Waals surface area (Å²) in [5.41, 5.74) is 1.82. The van der Waals surface area contributed by atoms with Gasteiger partial charge in [-0.1, -0.05) is 30.3 Å². The molecule has 7 heteroatoms. The maximum Gasteiger partial charge on any atom is 0.290 e. The van der Waals surface area contributed by atoms with Crippen molar-refractivity contribution in [3.63, 3.8) is 0 Å². The normalized spacial score (nSPS) is 16.6. The summed E-state index contributed by atoms with van der Waals surface area (Å²) in [5, 5.41) is 5.29. The van der Waals surface area contributed by atoms with Crippen LogP contribution in [0.3, 0.4) is 0 Å². The van der Waals surface area contributed by atoms with E-state index in [2.05, 4.69) is 10.3 Å². The summed E-state index contributed by atoms with van der Waals surface area (Å²) >= 11 is 1.37. The number of amides is 2. The largest absolute Gasteiger partial charge is 0.459 e. The first-order valence-corrected chi connectivity index (χ1v) is 9.26. The third kappa shape index (κ3) is 3.25. The van der Waals surface area contributed by atoms with Gasteiger partial charge in [-0.2, -0.15) is 0 Å². The molecule has 1 saturated heterocycles. The fourth-order valence-corrected chi connectivity index (χ4v) is 3.81. The van der Waals surface area contributed by atoms with Crippen LogP contribution in [0.1, 0.15) is 23.4 Å². The smallest absolute Gasteiger partial charge is 0.290 e. The minimum Gasteiger partial charge on any atom is -0.459 e. The van der Waals surface area contributed by atoms with E-state index in [-0.39, 0.29) is 17.6 Å². The van der Waals surface area contributed by atoms with Crippen molar-refractivity contribution in [2.45, 2.75) is 18.9 Å². The molecular formula is C19H17N3O3S. The summed E-state index contributed by atoms with van der Waals surface area (Å²) in [4.78, 5) is 31.2. The van der Waals surface area contributed by atoms with Gasteiger partial charge in [0, 0.05) is 17.5 Å². The molecule has 1 aliphatic rings. The van der Waals surface area contributed by atoms with Gasteiger partial charge in [0.05, 0.1) is 12.0 Å². The van der Waals surface area contributed by atoms with Crippen molar-refractivity contribution < 1.29 is 14.0 Å². The average molecular weight is 367 g/mol. The molecule has 0 radical (unpaired) electrons. The Morgan fingerprint density at radius 2 is 2.04 bits per heavy atom. The van der Waals surface area contributed by atoms with Crippen molar-refractivity contribution in [1.82, 2.24) is 9.88 Å². The zero-order valence-corrected chi connectivity index (χ0v) is 14.7. The molecule has 6 nitrogen and oxygen atoms in total. The number of carbonyl (C=O) groups excluding carboxylic acids is 2. The van der Waals surface area contributed by atoms with Gasteiger partial charge in [-0.3, -0.25) is 9.59 Å². The first-order valence-electron chi connectivity index (χ1n) is 8.38. The molecule has 1 atom stereocenters. The van der Waals surface area contributed by atoms with Gasteiger partial charge < -0.3 is 14.6 Å². The lowest BCUT2D eigenvalue weighted by Crippen LogP contribution is -2.43. The number of nitrogens with one attached hydrogen (secondary N) is 1. The minimum absolute atomic E-state index is 0.212. The van der Waals surface area contributed by atoms with Crippen LogP contribution in [-0.4, -0.2) is 34.3 Å². The topological polar surface area (TPSA) is 75.4 Å². The third-order valence-corrected chi connectivity index (χ3v) is 5.11. The number of hydrogen-bond donors (Lipinski definition) is 1. The lowest BCUT2D eigenvalue weighted by Gasteiger charge is -2.22. The predicted molar refractivity (Wildman–Crippen MR) is 98.9 cm³/mol. The maximum absolute atomic E-state index is 12.7. The van der Waals surface area contributed by atoms with Crippen molar-refractivity contribution >= 4 is 28.3 Å². The predicted octanol–water partition coefficient (Wildman–Crippen LogP) is 3.65. The summed E-state index contributed by atoms with van der Waals surface area (Å²) in [6, 6.07) is 12.6. The van der Waals surface area contributed by atoms with Crippen LogP contribution in [0.2, 0.25) is 0 Å². The Kier molecular flexibility index (Phi) is 4.53. The van der Waals surface area contributed by atoms with E-state index in [1.807, 2.05) is 35.7 Å². The van der Waals surface area contributed by atoms with Gasteiger partial charge >= 0.3 is 0 Å². The van der Waals surface area contributed by atoms with Crippen LogP contribution < -0.4 is 5.32 Å². The van der Waals surface area contributed by atoms with Crippen LogP contribution in [0.5, 0.6) is 0 Å². The summed E-state index contributed by atoms with van der Waals surface area (Å²) in [6.45, 7) is 0.546. The monoisotopic (exact) mass is 367 g/mol. The number of aromatic nitrogens is 1. The first kappa shape index (κ1) is 16.5. The number of likely N-dealkylation sites (tertiary alicyclic amines) is 1. The molecule has 0 bridgehead atoms. The summed E-state index contributed by atoms with van der Waals surface area (Å²) in [7, 11) is 0. The maximum atomic E-state index is 12.7. The number of thiazole rings is 1. The molecule has 1 unspecified atom stereocenters.